The Morgan fingerprint density at radius 3 is 2.48 bits per heavy atom. The van der Waals surface area contributed by atoms with Crippen LogP contribution in [0.5, 0.6) is 0 Å². The van der Waals surface area contributed by atoms with Crippen molar-refractivity contribution in [2.45, 2.75) is 71.6 Å². The van der Waals surface area contributed by atoms with Gasteiger partial charge in [-0.15, -0.1) is 0 Å². The van der Waals surface area contributed by atoms with Crippen LogP contribution in [0, 0.1) is 0 Å². The van der Waals surface area contributed by atoms with Crippen LogP contribution in [-0.4, -0.2) is 29.8 Å². The van der Waals surface area contributed by atoms with Crippen LogP contribution in [0.3, 0.4) is 0 Å². The molecule has 0 spiro atoms. The standard InChI is InChI=1S/C21H32N2O2/c1-15(2)17-10-11-19(18(13-17)16(3)4)22-20(24)14-23-12-8-6-5-7-9-21(23)25/h10-11,13,15-16H,5-9,12,14H2,1-4H3,(H,22,24). The number of carbonyl (C=O) groups is 2. The first-order chi connectivity index (χ1) is 11.9. The summed E-state index contributed by atoms with van der Waals surface area (Å²) in [5, 5.41) is 3.03. The van der Waals surface area contributed by atoms with Crippen LogP contribution in [-0.2, 0) is 9.59 Å². The molecule has 1 aliphatic heterocycles. The molecule has 2 amide bonds. The Morgan fingerprint density at radius 1 is 1.08 bits per heavy atom. The average molecular weight is 344 g/mol. The Balaban J connectivity index is 2.07. The van der Waals surface area contributed by atoms with Gasteiger partial charge in [0.15, 0.2) is 0 Å². The number of likely N-dealkylation sites (tertiary alicyclic amines) is 1. The monoisotopic (exact) mass is 344 g/mol. The highest BCUT2D eigenvalue weighted by Crippen LogP contribution is 2.28. The van der Waals surface area contributed by atoms with E-state index in [1.54, 1.807) is 4.90 Å². The highest BCUT2D eigenvalue weighted by Gasteiger charge is 2.19. The van der Waals surface area contributed by atoms with Gasteiger partial charge in [0.2, 0.25) is 11.8 Å². The molecule has 4 heteroatoms. The number of carbonyl (C=O) groups excluding carboxylic acids is 2. The molecule has 0 unspecified atom stereocenters. The number of hydrogen-bond acceptors (Lipinski definition) is 2. The van der Waals surface area contributed by atoms with E-state index >= 15 is 0 Å². The Labute approximate surface area is 152 Å². The molecule has 1 N–H and O–H groups in total. The molecule has 0 bridgehead atoms. The fourth-order valence-corrected chi connectivity index (χ4v) is 3.28. The average Bonchev–Trinajstić information content (AvgIpc) is 2.54. The van der Waals surface area contributed by atoms with Crippen LogP contribution in [0.25, 0.3) is 0 Å². The van der Waals surface area contributed by atoms with Crippen molar-refractivity contribution >= 4 is 17.5 Å². The molecule has 1 aliphatic rings. The molecule has 2 rings (SSSR count). The molecule has 0 saturated carbocycles. The predicted molar refractivity (Wildman–Crippen MR) is 103 cm³/mol. The molecule has 0 atom stereocenters. The lowest BCUT2D eigenvalue weighted by Gasteiger charge is -2.25. The van der Waals surface area contributed by atoms with Gasteiger partial charge in [-0.1, -0.05) is 52.7 Å². The van der Waals surface area contributed by atoms with Gasteiger partial charge in [-0.05, 0) is 41.9 Å². The van der Waals surface area contributed by atoms with Crippen LogP contribution in [0.2, 0.25) is 0 Å². The third-order valence-electron chi connectivity index (χ3n) is 4.89. The normalized spacial score (nSPS) is 16.1. The van der Waals surface area contributed by atoms with Gasteiger partial charge >= 0.3 is 0 Å². The fourth-order valence-electron chi connectivity index (χ4n) is 3.28. The summed E-state index contributed by atoms with van der Waals surface area (Å²) in [6.07, 6.45) is 4.74. The van der Waals surface area contributed by atoms with Crippen molar-refractivity contribution in [3.63, 3.8) is 0 Å². The van der Waals surface area contributed by atoms with Crippen molar-refractivity contribution in [2.75, 3.05) is 18.4 Å². The molecular formula is C21H32N2O2. The molecule has 0 aliphatic carbocycles. The first-order valence-electron chi connectivity index (χ1n) is 9.60. The first kappa shape index (κ1) is 19.5. The number of hydrogen-bond donors (Lipinski definition) is 1. The van der Waals surface area contributed by atoms with Crippen LogP contribution < -0.4 is 5.32 Å². The minimum Gasteiger partial charge on any atom is -0.333 e. The Morgan fingerprint density at radius 2 is 1.80 bits per heavy atom. The molecule has 0 aromatic heterocycles. The summed E-state index contributed by atoms with van der Waals surface area (Å²) >= 11 is 0. The van der Waals surface area contributed by atoms with E-state index < -0.39 is 0 Å². The predicted octanol–water partition coefficient (Wildman–Crippen LogP) is 4.66. The summed E-state index contributed by atoms with van der Waals surface area (Å²) in [7, 11) is 0. The van der Waals surface area contributed by atoms with Crippen molar-refractivity contribution in [2.24, 2.45) is 0 Å². The molecule has 138 valence electrons. The lowest BCUT2D eigenvalue weighted by molar-refractivity contribution is -0.135. The molecule has 1 heterocycles. The van der Waals surface area contributed by atoms with E-state index in [0.717, 1.165) is 36.9 Å². The SMILES string of the molecule is CC(C)c1ccc(NC(=O)CN2CCCCCCC2=O)c(C(C)C)c1. The number of rotatable bonds is 5. The third-order valence-corrected chi connectivity index (χ3v) is 4.89. The van der Waals surface area contributed by atoms with Crippen molar-refractivity contribution in [1.82, 2.24) is 4.90 Å². The molecule has 4 nitrogen and oxygen atoms in total. The smallest absolute Gasteiger partial charge is 0.244 e. The van der Waals surface area contributed by atoms with E-state index in [9.17, 15) is 9.59 Å². The van der Waals surface area contributed by atoms with E-state index in [0.29, 0.717) is 24.8 Å². The van der Waals surface area contributed by atoms with Crippen LogP contribution in [0.15, 0.2) is 18.2 Å². The van der Waals surface area contributed by atoms with Crippen LogP contribution >= 0.6 is 0 Å². The minimum atomic E-state index is -0.104. The zero-order valence-electron chi connectivity index (χ0n) is 16.1. The van der Waals surface area contributed by atoms with Gasteiger partial charge in [-0.25, -0.2) is 0 Å². The van der Waals surface area contributed by atoms with Gasteiger partial charge in [0, 0.05) is 18.7 Å². The van der Waals surface area contributed by atoms with Gasteiger partial charge in [0.1, 0.15) is 0 Å². The quantitative estimate of drug-likeness (QED) is 0.844. The number of nitrogens with zero attached hydrogens (tertiary/aromatic N) is 1. The summed E-state index contributed by atoms with van der Waals surface area (Å²) in [5.74, 6) is 0.792. The van der Waals surface area contributed by atoms with Gasteiger partial charge < -0.3 is 10.2 Å². The Bertz CT molecular complexity index is 608. The maximum Gasteiger partial charge on any atom is 0.244 e. The highest BCUT2D eigenvalue weighted by atomic mass is 16.2. The van der Waals surface area contributed by atoms with Gasteiger partial charge in [0.25, 0.3) is 0 Å². The maximum absolute atomic E-state index is 12.5. The molecule has 0 radical (unpaired) electrons. The first-order valence-corrected chi connectivity index (χ1v) is 9.60. The number of anilines is 1. The van der Waals surface area contributed by atoms with E-state index in [1.165, 1.54) is 5.56 Å². The zero-order valence-corrected chi connectivity index (χ0v) is 16.1. The highest BCUT2D eigenvalue weighted by molar-refractivity contribution is 5.95. The second-order valence-corrected chi connectivity index (χ2v) is 7.68. The van der Waals surface area contributed by atoms with Crippen molar-refractivity contribution < 1.29 is 9.59 Å². The molecule has 25 heavy (non-hydrogen) atoms. The van der Waals surface area contributed by atoms with Gasteiger partial charge in [-0.3, -0.25) is 9.59 Å². The summed E-state index contributed by atoms with van der Waals surface area (Å²) in [6.45, 7) is 9.46. The second-order valence-electron chi connectivity index (χ2n) is 7.68. The van der Waals surface area contributed by atoms with Crippen molar-refractivity contribution in [3.8, 4) is 0 Å². The lowest BCUT2D eigenvalue weighted by Crippen LogP contribution is -2.39. The number of nitrogens with one attached hydrogen (secondary N) is 1. The zero-order chi connectivity index (χ0) is 18.4. The second kappa shape index (κ2) is 9.02. The van der Waals surface area contributed by atoms with Crippen LogP contribution in [0.4, 0.5) is 5.69 Å². The largest absolute Gasteiger partial charge is 0.333 e. The van der Waals surface area contributed by atoms with Crippen molar-refractivity contribution in [1.29, 1.82) is 0 Å². The van der Waals surface area contributed by atoms with E-state index in [4.69, 9.17) is 0 Å². The fraction of sp³-hybridized carbons (Fsp3) is 0.619. The molecule has 1 aromatic carbocycles. The van der Waals surface area contributed by atoms with E-state index in [-0.39, 0.29) is 18.4 Å². The summed E-state index contributed by atoms with van der Waals surface area (Å²) in [4.78, 5) is 26.4. The van der Waals surface area contributed by atoms with E-state index in [2.05, 4.69) is 45.1 Å². The Kier molecular flexibility index (Phi) is 7.03. The lowest BCUT2D eigenvalue weighted by atomic mass is 9.94. The molecule has 1 saturated heterocycles. The van der Waals surface area contributed by atoms with Gasteiger partial charge in [0.05, 0.1) is 6.54 Å². The summed E-state index contributed by atoms with van der Waals surface area (Å²) < 4.78 is 0. The number of amides is 2. The minimum absolute atomic E-state index is 0.104. The molecule has 1 fully saturated rings. The van der Waals surface area contributed by atoms with Gasteiger partial charge in [-0.2, -0.15) is 0 Å². The third kappa shape index (κ3) is 5.58. The maximum atomic E-state index is 12.5. The van der Waals surface area contributed by atoms with Crippen molar-refractivity contribution in [3.05, 3.63) is 29.3 Å². The Hall–Kier alpha value is -1.84. The van der Waals surface area contributed by atoms with Crippen LogP contribution in [0.1, 0.15) is 82.8 Å². The molecular weight excluding hydrogens is 312 g/mol. The summed E-state index contributed by atoms with van der Waals surface area (Å²) in [5.41, 5.74) is 3.29. The van der Waals surface area contributed by atoms with E-state index in [1.807, 2.05) is 6.07 Å². The topological polar surface area (TPSA) is 49.4 Å². The number of benzene rings is 1. The summed E-state index contributed by atoms with van der Waals surface area (Å²) in [6, 6.07) is 6.26. The molecule has 1 aromatic rings.